The Labute approximate surface area is 120 Å². The lowest BCUT2D eigenvalue weighted by Gasteiger charge is -2.15. The zero-order valence-electron chi connectivity index (χ0n) is 11.5. The van der Waals surface area contributed by atoms with Crippen molar-refractivity contribution in [2.24, 2.45) is 10.4 Å². The number of rotatable bonds is 1. The van der Waals surface area contributed by atoms with Crippen molar-refractivity contribution in [1.29, 1.82) is 0 Å². The molecule has 0 N–H and O–H groups in total. The lowest BCUT2D eigenvalue weighted by molar-refractivity contribution is -0.130. The number of carbonyl (C=O) groups is 1. The fraction of sp³-hybridized carbons (Fsp3) is 0.267. The van der Waals surface area contributed by atoms with Gasteiger partial charge in [-0.3, -0.25) is 4.98 Å². The number of carbonyl (C=O) groups excluding carboxylic acids is 1. The molecule has 2 aromatic heterocycles. The third-order valence-corrected chi connectivity index (χ3v) is 3.74. The Morgan fingerprint density at radius 1 is 1.35 bits per heavy atom. The normalized spacial score (nSPS) is 17.6. The summed E-state index contributed by atoms with van der Waals surface area (Å²) >= 11 is 1.62. The second-order valence-corrected chi connectivity index (χ2v) is 6.61. The molecule has 1 aliphatic heterocycles. The van der Waals surface area contributed by atoms with E-state index in [4.69, 9.17) is 4.74 Å². The van der Waals surface area contributed by atoms with Crippen LogP contribution in [-0.4, -0.2) is 16.9 Å². The summed E-state index contributed by atoms with van der Waals surface area (Å²) in [6.07, 6.45) is 3.45. The number of thiophene rings is 1. The first kappa shape index (κ1) is 13.0. The molecule has 5 heteroatoms. The Kier molecular flexibility index (Phi) is 2.94. The molecule has 0 saturated heterocycles. The molecular formula is C15H14N2O2S. The van der Waals surface area contributed by atoms with Gasteiger partial charge in [0, 0.05) is 11.6 Å². The summed E-state index contributed by atoms with van der Waals surface area (Å²) in [6.45, 7) is 5.88. The van der Waals surface area contributed by atoms with E-state index in [0.29, 0.717) is 11.6 Å². The number of hydrogen-bond acceptors (Lipinski definition) is 5. The smallest absolute Gasteiger partial charge is 0.363 e. The van der Waals surface area contributed by atoms with Gasteiger partial charge in [0.1, 0.15) is 0 Å². The number of fused-ring (bicyclic) bond motifs is 1. The Hall–Kier alpha value is -2.01. The highest BCUT2D eigenvalue weighted by Crippen LogP contribution is 2.26. The molecule has 0 aliphatic carbocycles. The number of aliphatic imine (C=N–C) groups is 1. The summed E-state index contributed by atoms with van der Waals surface area (Å²) in [4.78, 5) is 20.5. The van der Waals surface area contributed by atoms with E-state index in [-0.39, 0.29) is 5.41 Å². The summed E-state index contributed by atoms with van der Waals surface area (Å²) in [5.74, 6) is 0.0557. The van der Waals surface area contributed by atoms with Crippen molar-refractivity contribution in [3.8, 4) is 0 Å². The number of hydrogen-bond donors (Lipinski definition) is 0. The standard InChI is InChI=1S/C15H14N2O2S/c1-15(2,3)14-17-11(13(18)19-14)6-9-7-12-10(16-8-9)4-5-20-12/h4-8H,1-3H3. The van der Waals surface area contributed by atoms with E-state index in [1.165, 1.54) is 0 Å². The molecule has 0 aromatic carbocycles. The number of esters is 1. The van der Waals surface area contributed by atoms with Crippen LogP contribution in [0.5, 0.6) is 0 Å². The van der Waals surface area contributed by atoms with E-state index in [0.717, 1.165) is 15.8 Å². The van der Waals surface area contributed by atoms with Crippen LogP contribution in [0, 0.1) is 5.41 Å². The second kappa shape index (κ2) is 4.52. The molecule has 3 rings (SSSR count). The molecule has 0 spiro atoms. The molecule has 0 bridgehead atoms. The van der Waals surface area contributed by atoms with Crippen molar-refractivity contribution in [2.45, 2.75) is 20.8 Å². The van der Waals surface area contributed by atoms with E-state index in [2.05, 4.69) is 9.98 Å². The fourth-order valence-corrected chi connectivity index (χ4v) is 2.62. The monoisotopic (exact) mass is 286 g/mol. The molecule has 20 heavy (non-hydrogen) atoms. The lowest BCUT2D eigenvalue weighted by atomic mass is 9.97. The van der Waals surface area contributed by atoms with Crippen LogP contribution in [0.2, 0.25) is 0 Å². The first-order valence-electron chi connectivity index (χ1n) is 6.30. The molecule has 0 fully saturated rings. The first-order chi connectivity index (χ1) is 9.43. The van der Waals surface area contributed by atoms with Crippen molar-refractivity contribution in [3.63, 3.8) is 0 Å². The van der Waals surface area contributed by atoms with Crippen molar-refractivity contribution in [2.75, 3.05) is 0 Å². The molecule has 0 saturated carbocycles. The number of ether oxygens (including phenoxy) is 1. The zero-order valence-corrected chi connectivity index (χ0v) is 12.3. The Balaban J connectivity index is 1.99. The Morgan fingerprint density at radius 2 is 2.15 bits per heavy atom. The average molecular weight is 286 g/mol. The number of nitrogens with zero attached hydrogens (tertiary/aromatic N) is 2. The maximum atomic E-state index is 11.8. The van der Waals surface area contributed by atoms with Crippen LogP contribution in [0.25, 0.3) is 16.3 Å². The zero-order chi connectivity index (χ0) is 14.3. The summed E-state index contributed by atoms with van der Waals surface area (Å²) in [7, 11) is 0. The van der Waals surface area contributed by atoms with E-state index >= 15 is 0 Å². The highest BCUT2D eigenvalue weighted by atomic mass is 32.1. The predicted octanol–water partition coefficient (Wildman–Crippen LogP) is 3.64. The van der Waals surface area contributed by atoms with E-state index in [1.807, 2.05) is 38.3 Å². The van der Waals surface area contributed by atoms with Crippen LogP contribution >= 0.6 is 11.3 Å². The van der Waals surface area contributed by atoms with Crippen LogP contribution in [0.15, 0.2) is 34.4 Å². The molecule has 0 amide bonds. The lowest BCUT2D eigenvalue weighted by Crippen LogP contribution is -2.21. The predicted molar refractivity (Wildman–Crippen MR) is 80.6 cm³/mol. The molecule has 2 aromatic rings. The highest BCUT2D eigenvalue weighted by Gasteiger charge is 2.31. The average Bonchev–Trinajstić information content (AvgIpc) is 2.95. The van der Waals surface area contributed by atoms with Crippen LogP contribution < -0.4 is 0 Å². The number of aromatic nitrogens is 1. The van der Waals surface area contributed by atoms with Gasteiger partial charge in [-0.2, -0.15) is 0 Å². The van der Waals surface area contributed by atoms with Gasteiger partial charge in [0.05, 0.1) is 10.2 Å². The van der Waals surface area contributed by atoms with Crippen LogP contribution in [0.4, 0.5) is 0 Å². The summed E-state index contributed by atoms with van der Waals surface area (Å²) in [6, 6.07) is 3.97. The van der Waals surface area contributed by atoms with Crippen molar-refractivity contribution >= 4 is 39.5 Å². The molecule has 1 aliphatic rings. The molecule has 0 radical (unpaired) electrons. The maximum absolute atomic E-state index is 11.8. The quantitative estimate of drug-likeness (QED) is 0.594. The van der Waals surface area contributed by atoms with Gasteiger partial charge in [-0.15, -0.1) is 11.3 Å². The SMILES string of the molecule is CC(C)(C)C1=NC(=Cc2cnc3ccsc3c2)C(=O)O1. The minimum absolute atomic E-state index is 0.277. The summed E-state index contributed by atoms with van der Waals surface area (Å²) < 4.78 is 6.30. The third-order valence-electron chi connectivity index (χ3n) is 2.89. The highest BCUT2D eigenvalue weighted by molar-refractivity contribution is 7.17. The second-order valence-electron chi connectivity index (χ2n) is 5.66. The molecule has 0 atom stereocenters. The molecule has 4 nitrogen and oxygen atoms in total. The first-order valence-corrected chi connectivity index (χ1v) is 7.18. The minimum Gasteiger partial charge on any atom is -0.406 e. The molecule has 3 heterocycles. The topological polar surface area (TPSA) is 51.5 Å². The molecule has 0 unspecified atom stereocenters. The van der Waals surface area contributed by atoms with Gasteiger partial charge in [0.25, 0.3) is 0 Å². The van der Waals surface area contributed by atoms with E-state index in [9.17, 15) is 4.79 Å². The third kappa shape index (κ3) is 2.36. The van der Waals surface area contributed by atoms with Gasteiger partial charge < -0.3 is 4.74 Å². The van der Waals surface area contributed by atoms with Crippen LogP contribution in [0.3, 0.4) is 0 Å². The van der Waals surface area contributed by atoms with Gasteiger partial charge in [-0.05, 0) is 29.2 Å². The van der Waals surface area contributed by atoms with Gasteiger partial charge in [-0.1, -0.05) is 20.8 Å². The van der Waals surface area contributed by atoms with Crippen LogP contribution in [0.1, 0.15) is 26.3 Å². The minimum atomic E-state index is -0.402. The largest absolute Gasteiger partial charge is 0.406 e. The maximum Gasteiger partial charge on any atom is 0.363 e. The Morgan fingerprint density at radius 3 is 2.85 bits per heavy atom. The summed E-state index contributed by atoms with van der Waals surface area (Å²) in [5, 5.41) is 1.99. The van der Waals surface area contributed by atoms with Crippen molar-refractivity contribution in [1.82, 2.24) is 4.98 Å². The van der Waals surface area contributed by atoms with Crippen LogP contribution in [-0.2, 0) is 9.53 Å². The molecule has 102 valence electrons. The van der Waals surface area contributed by atoms with Gasteiger partial charge in [-0.25, -0.2) is 9.79 Å². The van der Waals surface area contributed by atoms with Gasteiger partial charge >= 0.3 is 5.97 Å². The van der Waals surface area contributed by atoms with E-state index in [1.54, 1.807) is 23.6 Å². The van der Waals surface area contributed by atoms with Crippen molar-refractivity contribution < 1.29 is 9.53 Å². The summed E-state index contributed by atoms with van der Waals surface area (Å²) in [5.41, 5.74) is 1.87. The molecular weight excluding hydrogens is 272 g/mol. The van der Waals surface area contributed by atoms with E-state index < -0.39 is 5.97 Å². The fourth-order valence-electron chi connectivity index (χ4n) is 1.83. The Bertz CT molecular complexity index is 751. The van der Waals surface area contributed by atoms with Gasteiger partial charge in [0.2, 0.25) is 5.90 Å². The van der Waals surface area contributed by atoms with Gasteiger partial charge in [0.15, 0.2) is 5.70 Å². The number of pyridine rings is 1. The van der Waals surface area contributed by atoms with Crippen molar-refractivity contribution in [3.05, 3.63) is 35.0 Å². The number of cyclic esters (lactones) is 1.